The molecule has 1 fully saturated rings. The van der Waals surface area contributed by atoms with Crippen molar-refractivity contribution in [3.05, 3.63) is 29.8 Å². The first kappa shape index (κ1) is 8.95. The molecule has 1 nitrogen and oxygen atoms in total. The molecule has 1 aliphatic rings. The van der Waals surface area contributed by atoms with E-state index < -0.39 is 0 Å². The molecule has 70 valence electrons. The maximum atomic E-state index is 12.5. The van der Waals surface area contributed by atoms with Crippen molar-refractivity contribution in [1.82, 2.24) is 4.98 Å². The number of pyridine rings is 1. The highest BCUT2D eigenvalue weighted by Gasteiger charge is 2.29. The van der Waals surface area contributed by atoms with Gasteiger partial charge in [-0.25, -0.2) is 4.39 Å². The smallest absolute Gasteiger partial charge is 0.141 e. The second kappa shape index (κ2) is 3.62. The first-order valence-electron chi connectivity index (χ1n) is 4.50. The van der Waals surface area contributed by atoms with Crippen LogP contribution in [0, 0.1) is 11.7 Å². The summed E-state index contributed by atoms with van der Waals surface area (Å²) >= 11 is 6.12. The summed E-state index contributed by atoms with van der Waals surface area (Å²) in [6.45, 7) is 0. The Morgan fingerprint density at radius 2 is 2.31 bits per heavy atom. The van der Waals surface area contributed by atoms with Crippen molar-refractivity contribution >= 4 is 11.6 Å². The van der Waals surface area contributed by atoms with E-state index in [4.69, 9.17) is 11.6 Å². The van der Waals surface area contributed by atoms with Crippen LogP contribution in [0.3, 0.4) is 0 Å². The molecule has 1 heterocycles. The Kier molecular flexibility index (Phi) is 2.49. The maximum absolute atomic E-state index is 12.5. The summed E-state index contributed by atoms with van der Waals surface area (Å²) in [6, 6.07) is 3.13. The molecular weight excluding hydrogens is 189 g/mol. The highest BCUT2D eigenvalue weighted by Crippen LogP contribution is 2.36. The predicted molar refractivity (Wildman–Crippen MR) is 50.3 cm³/mol. The van der Waals surface area contributed by atoms with E-state index in [9.17, 15) is 4.39 Å². The molecule has 1 saturated carbocycles. The molecule has 0 bridgehead atoms. The van der Waals surface area contributed by atoms with E-state index in [2.05, 4.69) is 4.98 Å². The number of halogens is 2. The highest BCUT2D eigenvalue weighted by molar-refractivity contribution is 6.21. The van der Waals surface area contributed by atoms with Crippen LogP contribution >= 0.6 is 11.6 Å². The third kappa shape index (κ3) is 2.41. The molecule has 0 saturated heterocycles. The summed E-state index contributed by atoms with van der Waals surface area (Å²) in [5, 5.41) is 0.179. The molecule has 2 rings (SSSR count). The number of nitrogens with zero attached hydrogens (tertiary/aromatic N) is 1. The van der Waals surface area contributed by atoms with Crippen molar-refractivity contribution in [2.45, 2.75) is 24.6 Å². The van der Waals surface area contributed by atoms with Gasteiger partial charge in [-0.3, -0.25) is 4.98 Å². The van der Waals surface area contributed by atoms with Gasteiger partial charge in [-0.05, 0) is 30.9 Å². The average Bonchev–Trinajstić information content (AvgIpc) is 2.91. The van der Waals surface area contributed by atoms with Gasteiger partial charge in [0.25, 0.3) is 0 Å². The minimum atomic E-state index is -0.290. The maximum Gasteiger partial charge on any atom is 0.141 e. The zero-order valence-electron chi connectivity index (χ0n) is 7.21. The molecule has 0 radical (unpaired) electrons. The van der Waals surface area contributed by atoms with Gasteiger partial charge in [0.1, 0.15) is 5.82 Å². The molecule has 1 unspecified atom stereocenters. The lowest BCUT2D eigenvalue weighted by molar-refractivity contribution is 0.617. The SMILES string of the molecule is Fc1ccc(CC(Cl)C2CC2)nc1. The van der Waals surface area contributed by atoms with Crippen LogP contribution in [0.2, 0.25) is 0 Å². The van der Waals surface area contributed by atoms with Gasteiger partial charge >= 0.3 is 0 Å². The second-order valence-corrected chi connectivity index (χ2v) is 4.09. The molecule has 1 aromatic heterocycles. The topological polar surface area (TPSA) is 12.9 Å². The van der Waals surface area contributed by atoms with Crippen LogP contribution in [0.5, 0.6) is 0 Å². The lowest BCUT2D eigenvalue weighted by Gasteiger charge is -2.05. The number of hydrogen-bond donors (Lipinski definition) is 0. The van der Waals surface area contributed by atoms with E-state index >= 15 is 0 Å². The zero-order chi connectivity index (χ0) is 9.26. The second-order valence-electron chi connectivity index (χ2n) is 3.53. The van der Waals surface area contributed by atoms with Crippen molar-refractivity contribution in [3.8, 4) is 0 Å². The lowest BCUT2D eigenvalue weighted by atomic mass is 10.1. The van der Waals surface area contributed by atoms with Crippen molar-refractivity contribution in [3.63, 3.8) is 0 Å². The fourth-order valence-electron chi connectivity index (χ4n) is 1.35. The van der Waals surface area contributed by atoms with Crippen molar-refractivity contribution in [2.24, 2.45) is 5.92 Å². The lowest BCUT2D eigenvalue weighted by Crippen LogP contribution is -2.06. The van der Waals surface area contributed by atoms with Crippen molar-refractivity contribution in [2.75, 3.05) is 0 Å². The summed E-state index contributed by atoms with van der Waals surface area (Å²) < 4.78 is 12.5. The number of rotatable bonds is 3. The third-order valence-electron chi connectivity index (χ3n) is 2.33. The van der Waals surface area contributed by atoms with Gasteiger partial charge in [0.15, 0.2) is 0 Å². The van der Waals surface area contributed by atoms with E-state index in [1.165, 1.54) is 25.1 Å². The van der Waals surface area contributed by atoms with Crippen LogP contribution in [0.1, 0.15) is 18.5 Å². The van der Waals surface area contributed by atoms with Crippen LogP contribution in [0.4, 0.5) is 4.39 Å². The Bertz CT molecular complexity index is 281. The Labute approximate surface area is 81.9 Å². The van der Waals surface area contributed by atoms with E-state index in [0.29, 0.717) is 5.92 Å². The Morgan fingerprint density at radius 1 is 1.54 bits per heavy atom. The summed E-state index contributed by atoms with van der Waals surface area (Å²) in [6.07, 6.45) is 4.46. The number of alkyl halides is 1. The first-order valence-corrected chi connectivity index (χ1v) is 4.94. The summed E-state index contributed by atoms with van der Waals surface area (Å²) in [4.78, 5) is 3.97. The molecule has 0 spiro atoms. The minimum Gasteiger partial charge on any atom is -0.258 e. The van der Waals surface area contributed by atoms with Gasteiger partial charge in [0.05, 0.1) is 6.20 Å². The molecule has 0 amide bonds. The van der Waals surface area contributed by atoms with Crippen molar-refractivity contribution < 1.29 is 4.39 Å². The Balaban J connectivity index is 1.96. The molecule has 0 N–H and O–H groups in total. The van der Waals surface area contributed by atoms with Crippen molar-refractivity contribution in [1.29, 1.82) is 0 Å². The number of aromatic nitrogens is 1. The fourth-order valence-corrected chi connectivity index (χ4v) is 1.76. The minimum absolute atomic E-state index is 0.179. The predicted octanol–water partition coefficient (Wildman–Crippen LogP) is 2.78. The first-order chi connectivity index (χ1) is 6.25. The van der Waals surface area contributed by atoms with Crippen LogP contribution in [-0.4, -0.2) is 10.4 Å². The van der Waals surface area contributed by atoms with Gasteiger partial charge in [-0.2, -0.15) is 0 Å². The molecular formula is C10H11ClFN. The van der Waals surface area contributed by atoms with Gasteiger partial charge in [0.2, 0.25) is 0 Å². The van der Waals surface area contributed by atoms with Gasteiger partial charge in [-0.1, -0.05) is 0 Å². The third-order valence-corrected chi connectivity index (χ3v) is 2.84. The van der Waals surface area contributed by atoms with E-state index in [-0.39, 0.29) is 11.2 Å². The van der Waals surface area contributed by atoms with E-state index in [0.717, 1.165) is 12.1 Å². The summed E-state index contributed by atoms with van der Waals surface area (Å²) in [7, 11) is 0. The molecule has 0 aliphatic heterocycles. The molecule has 1 atom stereocenters. The monoisotopic (exact) mass is 199 g/mol. The standard InChI is InChI=1S/C10H11ClFN/c11-10(7-1-2-7)5-9-4-3-8(12)6-13-9/h3-4,6-7,10H,1-2,5H2. The molecule has 1 aromatic rings. The van der Waals surface area contributed by atoms with E-state index in [1.54, 1.807) is 6.07 Å². The highest BCUT2D eigenvalue weighted by atomic mass is 35.5. The fraction of sp³-hybridized carbons (Fsp3) is 0.500. The largest absolute Gasteiger partial charge is 0.258 e. The van der Waals surface area contributed by atoms with Gasteiger partial charge in [-0.15, -0.1) is 11.6 Å². The molecule has 1 aliphatic carbocycles. The quantitative estimate of drug-likeness (QED) is 0.683. The van der Waals surface area contributed by atoms with Crippen LogP contribution in [-0.2, 0) is 6.42 Å². The normalized spacial score (nSPS) is 18.6. The van der Waals surface area contributed by atoms with Crippen LogP contribution < -0.4 is 0 Å². The molecule has 3 heteroatoms. The molecule has 13 heavy (non-hydrogen) atoms. The summed E-state index contributed by atoms with van der Waals surface area (Å²) in [5.41, 5.74) is 0.883. The van der Waals surface area contributed by atoms with Gasteiger partial charge < -0.3 is 0 Å². The average molecular weight is 200 g/mol. The van der Waals surface area contributed by atoms with Crippen LogP contribution in [0.25, 0.3) is 0 Å². The Hall–Kier alpha value is -0.630. The Morgan fingerprint density at radius 3 is 2.85 bits per heavy atom. The zero-order valence-corrected chi connectivity index (χ0v) is 7.97. The van der Waals surface area contributed by atoms with Crippen LogP contribution in [0.15, 0.2) is 18.3 Å². The number of hydrogen-bond acceptors (Lipinski definition) is 1. The van der Waals surface area contributed by atoms with Gasteiger partial charge in [0, 0.05) is 17.5 Å². The molecule has 0 aromatic carbocycles. The van der Waals surface area contributed by atoms with E-state index in [1.807, 2.05) is 0 Å². The summed E-state index contributed by atoms with van der Waals surface area (Å²) in [5.74, 6) is 0.370.